The normalized spacial score (nSPS) is 11.2. The maximum atomic E-state index is 13.1. The molecule has 0 aliphatic carbocycles. The SMILES string of the molecule is CCOc1cc(-c2ccccc2)sc1C(=O)N(C)CCCOc1cccc(S(C)(=O)=O)c1. The molecule has 0 saturated carbocycles. The molecule has 0 aliphatic heterocycles. The molecule has 0 fully saturated rings. The largest absolute Gasteiger partial charge is 0.493 e. The number of amides is 1. The third-order valence-corrected chi connectivity index (χ3v) is 7.00. The zero-order valence-corrected chi connectivity index (χ0v) is 20.0. The predicted molar refractivity (Wildman–Crippen MR) is 128 cm³/mol. The second-order valence-electron chi connectivity index (χ2n) is 7.28. The van der Waals surface area contributed by atoms with Crippen LogP contribution < -0.4 is 9.47 Å². The van der Waals surface area contributed by atoms with Crippen LogP contribution in [0.2, 0.25) is 0 Å². The molecule has 1 aromatic heterocycles. The number of carbonyl (C=O) groups is 1. The van der Waals surface area contributed by atoms with Crippen LogP contribution in [0.5, 0.6) is 11.5 Å². The fourth-order valence-electron chi connectivity index (χ4n) is 3.09. The number of rotatable bonds is 10. The summed E-state index contributed by atoms with van der Waals surface area (Å²) in [5, 5.41) is 0. The van der Waals surface area contributed by atoms with E-state index in [-0.39, 0.29) is 10.8 Å². The van der Waals surface area contributed by atoms with Crippen molar-refractivity contribution in [3.05, 3.63) is 65.5 Å². The Hall–Kier alpha value is -2.84. The van der Waals surface area contributed by atoms with Crippen molar-refractivity contribution in [2.24, 2.45) is 0 Å². The Morgan fingerprint density at radius 2 is 1.78 bits per heavy atom. The molecule has 0 unspecified atom stereocenters. The number of thiophene rings is 1. The number of hydrogen-bond donors (Lipinski definition) is 0. The highest BCUT2D eigenvalue weighted by molar-refractivity contribution is 7.90. The van der Waals surface area contributed by atoms with Crippen LogP contribution in [0.15, 0.2) is 65.6 Å². The first-order valence-electron chi connectivity index (χ1n) is 10.3. The maximum absolute atomic E-state index is 13.1. The van der Waals surface area contributed by atoms with Crippen LogP contribution in [0, 0.1) is 0 Å². The lowest BCUT2D eigenvalue weighted by Crippen LogP contribution is -2.28. The van der Waals surface area contributed by atoms with Gasteiger partial charge in [0.15, 0.2) is 9.84 Å². The number of nitrogens with zero attached hydrogens (tertiary/aromatic N) is 1. The van der Waals surface area contributed by atoms with Crippen molar-refractivity contribution in [3.63, 3.8) is 0 Å². The lowest BCUT2D eigenvalue weighted by atomic mass is 10.2. The molecule has 0 bridgehead atoms. The van der Waals surface area contributed by atoms with E-state index in [1.54, 1.807) is 24.1 Å². The Morgan fingerprint density at radius 1 is 1.03 bits per heavy atom. The minimum absolute atomic E-state index is 0.0975. The molecule has 0 radical (unpaired) electrons. The van der Waals surface area contributed by atoms with E-state index in [1.165, 1.54) is 23.5 Å². The van der Waals surface area contributed by atoms with Crippen molar-refractivity contribution in [2.45, 2.75) is 18.2 Å². The Bertz CT molecular complexity index is 1160. The third kappa shape index (κ3) is 6.11. The molecule has 3 rings (SSSR count). The van der Waals surface area contributed by atoms with Gasteiger partial charge in [0.1, 0.15) is 16.4 Å². The second-order valence-corrected chi connectivity index (χ2v) is 10.3. The summed E-state index contributed by atoms with van der Waals surface area (Å²) >= 11 is 1.42. The molecule has 1 amide bonds. The molecule has 0 atom stereocenters. The van der Waals surface area contributed by atoms with Crippen molar-refractivity contribution in [3.8, 4) is 21.9 Å². The van der Waals surface area contributed by atoms with Crippen LogP contribution in [0.3, 0.4) is 0 Å². The fourth-order valence-corrected chi connectivity index (χ4v) is 4.85. The molecule has 8 heteroatoms. The van der Waals surface area contributed by atoms with Crippen LogP contribution in [0.4, 0.5) is 0 Å². The van der Waals surface area contributed by atoms with Gasteiger partial charge in [-0.05, 0) is 43.2 Å². The summed E-state index contributed by atoms with van der Waals surface area (Å²) in [6, 6.07) is 18.2. The molecule has 32 heavy (non-hydrogen) atoms. The van der Waals surface area contributed by atoms with Gasteiger partial charge in [0.05, 0.1) is 18.1 Å². The van der Waals surface area contributed by atoms with E-state index in [4.69, 9.17) is 9.47 Å². The predicted octanol–water partition coefficient (Wildman–Crippen LogP) is 4.76. The first-order valence-corrected chi connectivity index (χ1v) is 13.0. The monoisotopic (exact) mass is 473 g/mol. The average molecular weight is 474 g/mol. The highest BCUT2D eigenvalue weighted by Crippen LogP contribution is 2.37. The van der Waals surface area contributed by atoms with E-state index in [2.05, 4.69) is 0 Å². The highest BCUT2D eigenvalue weighted by atomic mass is 32.2. The summed E-state index contributed by atoms with van der Waals surface area (Å²) in [6.45, 7) is 3.24. The van der Waals surface area contributed by atoms with Gasteiger partial charge < -0.3 is 14.4 Å². The Labute approximate surface area is 193 Å². The summed E-state index contributed by atoms with van der Waals surface area (Å²) in [6.07, 6.45) is 1.77. The zero-order chi connectivity index (χ0) is 23.1. The maximum Gasteiger partial charge on any atom is 0.267 e. The van der Waals surface area contributed by atoms with Gasteiger partial charge in [-0.25, -0.2) is 8.42 Å². The zero-order valence-electron chi connectivity index (χ0n) is 18.4. The number of hydrogen-bond acceptors (Lipinski definition) is 6. The van der Waals surface area contributed by atoms with Gasteiger partial charge in [-0.15, -0.1) is 11.3 Å². The number of sulfone groups is 1. The van der Waals surface area contributed by atoms with Crippen LogP contribution in [-0.4, -0.2) is 52.3 Å². The standard InChI is InChI=1S/C24H27NO5S2/c1-4-29-21-17-22(18-10-6-5-7-11-18)31-23(21)24(26)25(2)14-9-15-30-19-12-8-13-20(16-19)32(3,27)28/h5-8,10-13,16-17H,4,9,14-15H2,1-3H3. The van der Waals surface area contributed by atoms with E-state index < -0.39 is 9.84 Å². The first-order chi connectivity index (χ1) is 15.3. The first kappa shape index (κ1) is 23.8. The average Bonchev–Trinajstić information content (AvgIpc) is 3.20. The second kappa shape index (κ2) is 10.7. The minimum Gasteiger partial charge on any atom is -0.493 e. The topological polar surface area (TPSA) is 72.9 Å². The van der Waals surface area contributed by atoms with Crippen molar-refractivity contribution in [1.29, 1.82) is 0 Å². The number of carbonyl (C=O) groups excluding carboxylic acids is 1. The van der Waals surface area contributed by atoms with Gasteiger partial charge in [0.2, 0.25) is 0 Å². The van der Waals surface area contributed by atoms with Crippen molar-refractivity contribution < 1.29 is 22.7 Å². The highest BCUT2D eigenvalue weighted by Gasteiger charge is 2.21. The summed E-state index contributed by atoms with van der Waals surface area (Å²) < 4.78 is 34.7. The van der Waals surface area contributed by atoms with Crippen molar-refractivity contribution in [1.82, 2.24) is 4.90 Å². The van der Waals surface area contributed by atoms with Gasteiger partial charge in [0.25, 0.3) is 5.91 Å². The summed E-state index contributed by atoms with van der Waals surface area (Å²) in [4.78, 5) is 16.5. The van der Waals surface area contributed by atoms with Gasteiger partial charge in [-0.3, -0.25) is 4.79 Å². The van der Waals surface area contributed by atoms with E-state index in [1.807, 2.05) is 43.3 Å². The molecule has 2 aromatic carbocycles. The van der Waals surface area contributed by atoms with Crippen LogP contribution in [0.25, 0.3) is 10.4 Å². The fraction of sp³-hybridized carbons (Fsp3) is 0.292. The van der Waals surface area contributed by atoms with Gasteiger partial charge >= 0.3 is 0 Å². The van der Waals surface area contributed by atoms with Crippen molar-refractivity contribution in [2.75, 3.05) is 33.1 Å². The number of benzene rings is 2. The van der Waals surface area contributed by atoms with E-state index in [9.17, 15) is 13.2 Å². The van der Waals surface area contributed by atoms with Crippen LogP contribution >= 0.6 is 11.3 Å². The molecule has 0 saturated heterocycles. The van der Waals surface area contributed by atoms with E-state index in [0.29, 0.717) is 42.6 Å². The Kier molecular flexibility index (Phi) is 7.93. The molecule has 0 aliphatic rings. The molecule has 3 aromatic rings. The molecule has 170 valence electrons. The Morgan fingerprint density at radius 3 is 2.47 bits per heavy atom. The van der Waals surface area contributed by atoms with Gasteiger partial charge in [-0.2, -0.15) is 0 Å². The van der Waals surface area contributed by atoms with Crippen LogP contribution in [0.1, 0.15) is 23.0 Å². The lowest BCUT2D eigenvalue weighted by molar-refractivity contribution is 0.0789. The molecular weight excluding hydrogens is 446 g/mol. The third-order valence-electron chi connectivity index (χ3n) is 4.74. The molecular formula is C24H27NO5S2. The Balaban J connectivity index is 1.60. The summed E-state index contributed by atoms with van der Waals surface area (Å²) in [5.41, 5.74) is 1.05. The van der Waals surface area contributed by atoms with E-state index in [0.717, 1.165) is 16.7 Å². The quantitative estimate of drug-likeness (QED) is 0.397. The summed E-state index contributed by atoms with van der Waals surface area (Å²) in [5.74, 6) is 0.994. The van der Waals surface area contributed by atoms with Crippen LogP contribution in [-0.2, 0) is 9.84 Å². The van der Waals surface area contributed by atoms with Crippen molar-refractivity contribution >= 4 is 27.1 Å². The molecule has 6 nitrogen and oxygen atoms in total. The molecule has 0 N–H and O–H groups in total. The van der Waals surface area contributed by atoms with E-state index >= 15 is 0 Å². The van der Waals surface area contributed by atoms with Gasteiger partial charge in [0, 0.05) is 24.7 Å². The minimum atomic E-state index is -3.28. The van der Waals surface area contributed by atoms with Gasteiger partial charge in [-0.1, -0.05) is 36.4 Å². The molecule has 1 heterocycles. The lowest BCUT2D eigenvalue weighted by Gasteiger charge is -2.17. The number of ether oxygens (including phenoxy) is 2. The smallest absolute Gasteiger partial charge is 0.267 e. The molecule has 0 spiro atoms. The summed E-state index contributed by atoms with van der Waals surface area (Å²) in [7, 11) is -1.53.